The molecule has 0 rings (SSSR count). The van der Waals surface area contributed by atoms with Gasteiger partial charge in [-0.1, -0.05) is 20.3 Å². The summed E-state index contributed by atoms with van der Waals surface area (Å²) >= 11 is 0. The first kappa shape index (κ1) is 16.4. The number of hydrogen-bond acceptors (Lipinski definition) is 4. The van der Waals surface area contributed by atoms with Crippen LogP contribution in [0.25, 0.3) is 0 Å². The van der Waals surface area contributed by atoms with Crippen molar-refractivity contribution in [2.75, 3.05) is 33.4 Å². The summed E-state index contributed by atoms with van der Waals surface area (Å²) in [6.45, 7) is 5.59. The average molecular weight is 247 g/mol. The highest BCUT2D eigenvalue weighted by Crippen LogP contribution is 2.00. The first-order chi connectivity index (χ1) is 7.97. The molecule has 5 nitrogen and oxygen atoms in total. The van der Waals surface area contributed by atoms with Gasteiger partial charge in [0.15, 0.2) is 0 Å². The van der Waals surface area contributed by atoms with Crippen molar-refractivity contribution in [3.05, 3.63) is 0 Å². The van der Waals surface area contributed by atoms with E-state index in [9.17, 15) is 9.90 Å². The van der Waals surface area contributed by atoms with E-state index in [4.69, 9.17) is 9.84 Å². The Bertz CT molecular complexity index is 211. The van der Waals surface area contributed by atoms with E-state index in [-0.39, 0.29) is 0 Å². The molecular weight excluding hydrogens is 222 g/mol. The van der Waals surface area contributed by atoms with Gasteiger partial charge in [0.2, 0.25) is 0 Å². The van der Waals surface area contributed by atoms with Crippen molar-refractivity contribution >= 4 is 5.97 Å². The van der Waals surface area contributed by atoms with E-state index < -0.39 is 18.0 Å². The number of rotatable bonds is 10. The molecule has 0 radical (unpaired) electrons. The van der Waals surface area contributed by atoms with Crippen molar-refractivity contribution in [3.63, 3.8) is 0 Å². The molecule has 2 unspecified atom stereocenters. The quantitative estimate of drug-likeness (QED) is 0.559. The van der Waals surface area contributed by atoms with Gasteiger partial charge in [-0.05, 0) is 13.5 Å². The number of aliphatic hydroxyl groups is 1. The van der Waals surface area contributed by atoms with Gasteiger partial charge < -0.3 is 19.8 Å². The molecule has 17 heavy (non-hydrogen) atoms. The molecule has 5 heteroatoms. The second kappa shape index (κ2) is 9.39. The molecule has 0 aromatic rings. The van der Waals surface area contributed by atoms with Crippen LogP contribution >= 0.6 is 0 Å². The van der Waals surface area contributed by atoms with Gasteiger partial charge in [-0.2, -0.15) is 0 Å². The van der Waals surface area contributed by atoms with Gasteiger partial charge in [-0.15, -0.1) is 0 Å². The highest BCUT2D eigenvalue weighted by molar-refractivity contribution is 5.69. The molecule has 102 valence electrons. The molecule has 0 spiro atoms. The Hall–Kier alpha value is -0.650. The van der Waals surface area contributed by atoms with Crippen molar-refractivity contribution in [3.8, 4) is 0 Å². The molecule has 0 heterocycles. The Morgan fingerprint density at radius 1 is 1.41 bits per heavy atom. The first-order valence-corrected chi connectivity index (χ1v) is 6.14. The predicted molar refractivity (Wildman–Crippen MR) is 66.0 cm³/mol. The molecule has 0 aliphatic rings. The topological polar surface area (TPSA) is 70.0 Å². The third-order valence-corrected chi connectivity index (χ3v) is 2.48. The van der Waals surface area contributed by atoms with Crippen molar-refractivity contribution < 1.29 is 19.7 Å². The van der Waals surface area contributed by atoms with Gasteiger partial charge in [0.25, 0.3) is 0 Å². The summed E-state index contributed by atoms with van der Waals surface area (Å²) in [5, 5.41) is 18.4. The molecule has 0 amide bonds. The monoisotopic (exact) mass is 247 g/mol. The molecule has 0 bridgehead atoms. The van der Waals surface area contributed by atoms with Crippen LogP contribution in [0, 0.1) is 5.92 Å². The molecule has 0 fully saturated rings. The fourth-order valence-corrected chi connectivity index (χ4v) is 1.50. The minimum absolute atomic E-state index is 0.311. The number of aliphatic hydroxyl groups excluding tert-OH is 1. The fourth-order valence-electron chi connectivity index (χ4n) is 1.50. The first-order valence-electron chi connectivity index (χ1n) is 6.14. The number of unbranched alkanes of at least 4 members (excludes halogenated alkanes) is 1. The van der Waals surface area contributed by atoms with Gasteiger partial charge in [-0.25, -0.2) is 0 Å². The van der Waals surface area contributed by atoms with E-state index >= 15 is 0 Å². The van der Waals surface area contributed by atoms with Crippen LogP contribution in [-0.4, -0.2) is 60.5 Å². The Kier molecular flexibility index (Phi) is 9.03. The van der Waals surface area contributed by atoms with E-state index in [2.05, 4.69) is 6.92 Å². The number of aliphatic carboxylic acids is 1. The Balaban J connectivity index is 3.64. The standard InChI is InChI=1S/C12H25NO4/c1-4-5-6-17-9-11(14)8-13(3)7-10(2)12(15)16/h10-11,14H,4-9H2,1-3H3,(H,15,16). The normalized spacial score (nSPS) is 14.9. The lowest BCUT2D eigenvalue weighted by Gasteiger charge is -2.22. The number of carboxylic acid groups (broad SMARTS) is 1. The van der Waals surface area contributed by atoms with Gasteiger partial charge in [0.1, 0.15) is 0 Å². The van der Waals surface area contributed by atoms with Crippen LogP contribution in [0.3, 0.4) is 0 Å². The van der Waals surface area contributed by atoms with Crippen molar-refractivity contribution in [2.45, 2.75) is 32.8 Å². The summed E-state index contributed by atoms with van der Waals surface area (Å²) < 4.78 is 5.30. The van der Waals surface area contributed by atoms with E-state index in [1.165, 1.54) is 0 Å². The second-order valence-corrected chi connectivity index (χ2v) is 4.54. The lowest BCUT2D eigenvalue weighted by Crippen LogP contribution is -2.36. The van der Waals surface area contributed by atoms with Crippen LogP contribution in [0.5, 0.6) is 0 Å². The third-order valence-electron chi connectivity index (χ3n) is 2.48. The lowest BCUT2D eigenvalue weighted by atomic mass is 10.1. The van der Waals surface area contributed by atoms with Gasteiger partial charge in [-0.3, -0.25) is 4.79 Å². The van der Waals surface area contributed by atoms with Crippen molar-refractivity contribution in [1.29, 1.82) is 0 Å². The number of carboxylic acids is 1. The summed E-state index contributed by atoms with van der Waals surface area (Å²) in [6.07, 6.45) is 1.52. The zero-order valence-electron chi connectivity index (χ0n) is 11.1. The van der Waals surface area contributed by atoms with Crippen molar-refractivity contribution in [1.82, 2.24) is 4.90 Å². The predicted octanol–water partition coefficient (Wildman–Crippen LogP) is 0.816. The molecule has 2 atom stereocenters. The number of hydrogen-bond donors (Lipinski definition) is 2. The maximum Gasteiger partial charge on any atom is 0.307 e. The van der Waals surface area contributed by atoms with E-state index in [0.717, 1.165) is 12.8 Å². The number of carbonyl (C=O) groups is 1. The summed E-state index contributed by atoms with van der Waals surface area (Å²) in [6, 6.07) is 0. The van der Waals surface area contributed by atoms with Crippen molar-refractivity contribution in [2.24, 2.45) is 5.92 Å². The average Bonchev–Trinajstić information content (AvgIpc) is 2.24. The summed E-state index contributed by atoms with van der Waals surface area (Å²) in [5.74, 6) is -1.24. The molecule has 0 aliphatic heterocycles. The van der Waals surface area contributed by atoms with Crippen LogP contribution in [0.4, 0.5) is 0 Å². The van der Waals surface area contributed by atoms with Gasteiger partial charge >= 0.3 is 5.97 Å². The zero-order chi connectivity index (χ0) is 13.3. The largest absolute Gasteiger partial charge is 0.481 e. The molecule has 2 N–H and O–H groups in total. The lowest BCUT2D eigenvalue weighted by molar-refractivity contribution is -0.141. The maximum atomic E-state index is 10.7. The number of likely N-dealkylation sites (N-methyl/N-ethyl adjacent to an activating group) is 1. The molecular formula is C12H25NO4. The number of ether oxygens (including phenoxy) is 1. The van der Waals surface area contributed by atoms with Gasteiger partial charge in [0, 0.05) is 19.7 Å². The smallest absolute Gasteiger partial charge is 0.307 e. The van der Waals surface area contributed by atoms with E-state index in [1.54, 1.807) is 14.0 Å². The Labute approximate surface area is 103 Å². The summed E-state index contributed by atoms with van der Waals surface area (Å²) in [5.41, 5.74) is 0. The van der Waals surface area contributed by atoms with Crippen LogP contribution in [0.15, 0.2) is 0 Å². The molecule has 0 aromatic carbocycles. The minimum Gasteiger partial charge on any atom is -0.481 e. The maximum absolute atomic E-state index is 10.7. The van der Waals surface area contributed by atoms with Crippen LogP contribution in [0.1, 0.15) is 26.7 Å². The SMILES string of the molecule is CCCCOCC(O)CN(C)CC(C)C(=O)O. The molecule has 0 saturated carbocycles. The fraction of sp³-hybridized carbons (Fsp3) is 0.917. The third kappa shape index (κ3) is 9.09. The number of nitrogens with zero attached hydrogens (tertiary/aromatic N) is 1. The van der Waals surface area contributed by atoms with E-state index in [1.807, 2.05) is 4.90 Å². The Morgan fingerprint density at radius 3 is 2.59 bits per heavy atom. The summed E-state index contributed by atoms with van der Waals surface area (Å²) in [7, 11) is 1.80. The second-order valence-electron chi connectivity index (χ2n) is 4.54. The van der Waals surface area contributed by atoms with Gasteiger partial charge in [0.05, 0.1) is 18.6 Å². The van der Waals surface area contributed by atoms with E-state index in [0.29, 0.717) is 26.3 Å². The molecule has 0 aromatic heterocycles. The molecule has 0 saturated heterocycles. The van der Waals surface area contributed by atoms with Crippen LogP contribution < -0.4 is 0 Å². The minimum atomic E-state index is -0.814. The Morgan fingerprint density at radius 2 is 2.06 bits per heavy atom. The summed E-state index contributed by atoms with van der Waals surface area (Å²) in [4.78, 5) is 12.5. The van der Waals surface area contributed by atoms with Crippen LogP contribution in [-0.2, 0) is 9.53 Å². The zero-order valence-corrected chi connectivity index (χ0v) is 11.1. The highest BCUT2D eigenvalue weighted by Gasteiger charge is 2.15. The molecule has 0 aliphatic carbocycles. The highest BCUT2D eigenvalue weighted by atomic mass is 16.5. The van der Waals surface area contributed by atoms with Crippen LogP contribution in [0.2, 0.25) is 0 Å².